The Morgan fingerprint density at radius 3 is 2.70 bits per heavy atom. The van der Waals surface area contributed by atoms with E-state index in [1.165, 1.54) is 4.90 Å². The van der Waals surface area contributed by atoms with Crippen molar-refractivity contribution in [3.63, 3.8) is 0 Å². The zero-order chi connectivity index (χ0) is 16.6. The lowest BCUT2D eigenvalue weighted by atomic mass is 10.1. The van der Waals surface area contributed by atoms with Crippen molar-refractivity contribution in [1.29, 1.82) is 0 Å². The highest BCUT2D eigenvalue weighted by Crippen LogP contribution is 2.30. The summed E-state index contributed by atoms with van der Waals surface area (Å²) in [7, 11) is 0. The third-order valence-corrected chi connectivity index (χ3v) is 4.94. The maximum absolute atomic E-state index is 12.6. The molecule has 1 aromatic carbocycles. The molecule has 23 heavy (non-hydrogen) atoms. The van der Waals surface area contributed by atoms with Gasteiger partial charge in [0.25, 0.3) is 0 Å². The van der Waals surface area contributed by atoms with Crippen molar-refractivity contribution in [2.45, 2.75) is 25.3 Å². The smallest absolute Gasteiger partial charge is 0.326 e. The highest BCUT2D eigenvalue weighted by Gasteiger charge is 2.44. The van der Waals surface area contributed by atoms with E-state index >= 15 is 0 Å². The molecule has 1 aromatic rings. The molecule has 2 atom stereocenters. The van der Waals surface area contributed by atoms with Gasteiger partial charge < -0.3 is 14.9 Å². The van der Waals surface area contributed by atoms with E-state index in [2.05, 4.69) is 15.9 Å². The van der Waals surface area contributed by atoms with Gasteiger partial charge in [0.2, 0.25) is 11.8 Å². The van der Waals surface area contributed by atoms with E-state index < -0.39 is 17.9 Å². The van der Waals surface area contributed by atoms with E-state index in [0.29, 0.717) is 32.4 Å². The summed E-state index contributed by atoms with van der Waals surface area (Å²) in [4.78, 5) is 39.4. The van der Waals surface area contributed by atoms with Gasteiger partial charge in [-0.3, -0.25) is 9.59 Å². The van der Waals surface area contributed by atoms with Crippen LogP contribution in [0.3, 0.4) is 0 Å². The number of amides is 2. The number of rotatable bonds is 3. The molecule has 2 unspecified atom stereocenters. The van der Waals surface area contributed by atoms with Gasteiger partial charge in [-0.1, -0.05) is 22.0 Å². The van der Waals surface area contributed by atoms with Crippen LogP contribution in [0, 0.1) is 5.92 Å². The number of carboxylic acids is 1. The van der Waals surface area contributed by atoms with Gasteiger partial charge in [0, 0.05) is 23.2 Å². The third kappa shape index (κ3) is 2.97. The molecule has 0 aromatic heterocycles. The molecular weight excluding hydrogens is 364 g/mol. The Hall–Kier alpha value is -1.89. The van der Waals surface area contributed by atoms with Gasteiger partial charge in [0.15, 0.2) is 0 Å². The van der Waals surface area contributed by atoms with Crippen LogP contribution in [0.15, 0.2) is 28.7 Å². The zero-order valence-electron chi connectivity index (χ0n) is 12.4. The summed E-state index contributed by atoms with van der Waals surface area (Å²) in [5.74, 6) is -2.36. The van der Waals surface area contributed by atoms with Crippen molar-refractivity contribution in [2.75, 3.05) is 18.0 Å². The fourth-order valence-corrected chi connectivity index (χ4v) is 3.68. The molecule has 122 valence electrons. The van der Waals surface area contributed by atoms with Gasteiger partial charge in [-0.05, 0) is 37.5 Å². The number of carbonyl (C=O) groups excluding carboxylic acids is 2. The number of carbonyl (C=O) groups is 3. The number of hydrogen-bond acceptors (Lipinski definition) is 3. The van der Waals surface area contributed by atoms with E-state index in [0.717, 1.165) is 10.2 Å². The van der Waals surface area contributed by atoms with Gasteiger partial charge in [-0.2, -0.15) is 0 Å². The molecule has 0 radical (unpaired) electrons. The molecule has 7 heteroatoms. The van der Waals surface area contributed by atoms with Gasteiger partial charge in [-0.25, -0.2) is 4.79 Å². The zero-order valence-corrected chi connectivity index (χ0v) is 14.0. The molecule has 0 saturated carbocycles. The minimum Gasteiger partial charge on any atom is -0.480 e. The molecule has 2 heterocycles. The van der Waals surface area contributed by atoms with Crippen molar-refractivity contribution in [2.24, 2.45) is 5.92 Å². The largest absolute Gasteiger partial charge is 0.480 e. The predicted octanol–water partition coefficient (Wildman–Crippen LogP) is 1.88. The number of carboxylic acid groups (broad SMARTS) is 1. The van der Waals surface area contributed by atoms with E-state index in [1.54, 1.807) is 4.90 Å². The summed E-state index contributed by atoms with van der Waals surface area (Å²) in [5, 5.41) is 9.21. The lowest BCUT2D eigenvalue weighted by molar-refractivity contribution is -0.151. The topological polar surface area (TPSA) is 77.9 Å². The highest BCUT2D eigenvalue weighted by atomic mass is 79.9. The molecule has 0 aliphatic carbocycles. The first-order chi connectivity index (χ1) is 11.0. The van der Waals surface area contributed by atoms with Crippen molar-refractivity contribution in [3.8, 4) is 0 Å². The number of nitrogens with zero attached hydrogens (tertiary/aromatic N) is 2. The molecular formula is C16H17BrN2O4. The number of anilines is 1. The standard InChI is InChI=1S/C16H17BrN2O4/c17-10-3-1-4-11(9-10)18-8-6-12(14(18)20)15(21)19-7-2-5-13(19)16(22)23/h1,3-4,9,12-13H,2,5-8H2,(H,22,23). The first-order valence-corrected chi connectivity index (χ1v) is 8.38. The van der Waals surface area contributed by atoms with Crippen molar-refractivity contribution in [1.82, 2.24) is 4.90 Å². The molecule has 2 saturated heterocycles. The fraction of sp³-hybridized carbons (Fsp3) is 0.438. The van der Waals surface area contributed by atoms with Crippen LogP contribution in [0.5, 0.6) is 0 Å². The predicted molar refractivity (Wildman–Crippen MR) is 87.0 cm³/mol. The first kappa shape index (κ1) is 16.0. The molecule has 6 nitrogen and oxygen atoms in total. The average molecular weight is 381 g/mol. The lowest BCUT2D eigenvalue weighted by Crippen LogP contribution is -2.45. The van der Waals surface area contributed by atoms with Crippen LogP contribution in [-0.2, 0) is 14.4 Å². The van der Waals surface area contributed by atoms with Crippen LogP contribution in [0.2, 0.25) is 0 Å². The molecule has 0 bridgehead atoms. The minimum atomic E-state index is -0.995. The minimum absolute atomic E-state index is 0.246. The maximum atomic E-state index is 12.6. The summed E-state index contributed by atoms with van der Waals surface area (Å²) in [6, 6.07) is 6.57. The monoisotopic (exact) mass is 380 g/mol. The first-order valence-electron chi connectivity index (χ1n) is 7.59. The number of halogens is 1. The second-order valence-corrected chi connectivity index (χ2v) is 6.75. The molecule has 2 fully saturated rings. The van der Waals surface area contributed by atoms with Crippen LogP contribution < -0.4 is 4.90 Å². The number of aliphatic carboxylic acids is 1. The average Bonchev–Trinajstić information content (AvgIpc) is 3.13. The normalized spacial score (nSPS) is 24.3. The summed E-state index contributed by atoms with van der Waals surface area (Å²) in [5.41, 5.74) is 0.746. The van der Waals surface area contributed by atoms with E-state index in [1.807, 2.05) is 24.3 Å². The number of likely N-dealkylation sites (tertiary alicyclic amines) is 1. The molecule has 0 spiro atoms. The molecule has 2 aliphatic heterocycles. The van der Waals surface area contributed by atoms with E-state index in [9.17, 15) is 19.5 Å². The van der Waals surface area contributed by atoms with Crippen molar-refractivity contribution in [3.05, 3.63) is 28.7 Å². The Labute approximate surface area is 142 Å². The summed E-state index contributed by atoms with van der Waals surface area (Å²) < 4.78 is 0.864. The van der Waals surface area contributed by atoms with E-state index in [-0.39, 0.29) is 11.8 Å². The molecule has 2 amide bonds. The molecule has 3 rings (SSSR count). The van der Waals surface area contributed by atoms with Crippen LogP contribution in [0.4, 0.5) is 5.69 Å². The van der Waals surface area contributed by atoms with E-state index in [4.69, 9.17) is 0 Å². The highest BCUT2D eigenvalue weighted by molar-refractivity contribution is 9.10. The Morgan fingerprint density at radius 1 is 1.22 bits per heavy atom. The maximum Gasteiger partial charge on any atom is 0.326 e. The molecule has 2 aliphatic rings. The van der Waals surface area contributed by atoms with Gasteiger partial charge >= 0.3 is 5.97 Å². The Balaban J connectivity index is 1.76. The van der Waals surface area contributed by atoms with Crippen LogP contribution >= 0.6 is 15.9 Å². The van der Waals surface area contributed by atoms with Gasteiger partial charge in [0.1, 0.15) is 12.0 Å². The van der Waals surface area contributed by atoms with Crippen LogP contribution in [-0.4, -0.2) is 46.9 Å². The van der Waals surface area contributed by atoms with Gasteiger partial charge in [0.05, 0.1) is 0 Å². The number of hydrogen-bond donors (Lipinski definition) is 1. The third-order valence-electron chi connectivity index (χ3n) is 4.44. The summed E-state index contributed by atoms with van der Waals surface area (Å²) in [6.07, 6.45) is 1.54. The second-order valence-electron chi connectivity index (χ2n) is 5.84. The fourth-order valence-electron chi connectivity index (χ4n) is 3.30. The van der Waals surface area contributed by atoms with Crippen molar-refractivity contribution < 1.29 is 19.5 Å². The Kier molecular flexibility index (Phi) is 4.39. The lowest BCUT2D eigenvalue weighted by Gasteiger charge is -2.24. The number of benzene rings is 1. The van der Waals surface area contributed by atoms with Crippen LogP contribution in [0.25, 0.3) is 0 Å². The SMILES string of the molecule is O=C(O)C1CCCN1C(=O)C1CCN(c2cccc(Br)c2)C1=O. The van der Waals surface area contributed by atoms with Crippen LogP contribution in [0.1, 0.15) is 19.3 Å². The Morgan fingerprint density at radius 2 is 2.00 bits per heavy atom. The second kappa shape index (κ2) is 6.31. The summed E-state index contributed by atoms with van der Waals surface area (Å²) in [6.45, 7) is 0.883. The molecule has 1 N–H and O–H groups in total. The quantitative estimate of drug-likeness (QED) is 0.812. The Bertz CT molecular complexity index is 663. The van der Waals surface area contributed by atoms with Crippen molar-refractivity contribution >= 4 is 39.4 Å². The summed E-state index contributed by atoms with van der Waals surface area (Å²) >= 11 is 3.37. The van der Waals surface area contributed by atoms with Gasteiger partial charge in [-0.15, -0.1) is 0 Å².